The number of aromatic nitrogens is 1. The van der Waals surface area contributed by atoms with Gasteiger partial charge in [0.15, 0.2) is 0 Å². The van der Waals surface area contributed by atoms with Crippen LogP contribution in [-0.4, -0.2) is 48.6 Å². The van der Waals surface area contributed by atoms with E-state index in [-0.39, 0.29) is 23.9 Å². The maximum Gasteiger partial charge on any atom is 0.405 e. The Bertz CT molecular complexity index is 1190. The summed E-state index contributed by atoms with van der Waals surface area (Å²) in [5, 5.41) is 14.3. The van der Waals surface area contributed by atoms with E-state index in [0.29, 0.717) is 35.1 Å². The lowest BCUT2D eigenvalue weighted by molar-refractivity contribution is -0.122. The molecule has 2 atom stereocenters. The van der Waals surface area contributed by atoms with Gasteiger partial charge in [0.05, 0.1) is 11.4 Å². The zero-order chi connectivity index (χ0) is 26.8. The number of amidine groups is 1. The van der Waals surface area contributed by atoms with Crippen LogP contribution in [0.15, 0.2) is 23.2 Å². The molecule has 1 aromatic heterocycles. The average molecular weight is 507 g/mol. The monoisotopic (exact) mass is 506 g/mol. The number of primary amides is 1. The first-order chi connectivity index (χ1) is 16.7. The van der Waals surface area contributed by atoms with Crippen LogP contribution in [0.2, 0.25) is 0 Å². The van der Waals surface area contributed by atoms with Gasteiger partial charge in [-0.05, 0) is 54.5 Å². The minimum absolute atomic E-state index is 0.102. The van der Waals surface area contributed by atoms with Gasteiger partial charge >= 0.3 is 6.18 Å². The molecule has 1 aliphatic carbocycles. The van der Waals surface area contributed by atoms with Crippen molar-refractivity contribution in [2.24, 2.45) is 16.6 Å². The molecule has 36 heavy (non-hydrogen) atoms. The minimum Gasteiger partial charge on any atom is -0.405 e. The molecule has 0 radical (unpaired) electrons. The van der Waals surface area contributed by atoms with Crippen molar-refractivity contribution < 1.29 is 22.7 Å². The Morgan fingerprint density at radius 3 is 2.53 bits per heavy atom. The van der Waals surface area contributed by atoms with E-state index in [1.807, 2.05) is 27.7 Å². The number of amides is 1. The van der Waals surface area contributed by atoms with Crippen molar-refractivity contribution in [3.8, 4) is 0 Å². The number of carbonyl (C=O) groups is 1. The number of rotatable bonds is 5. The lowest BCUT2D eigenvalue weighted by atomic mass is 9.84. The van der Waals surface area contributed by atoms with E-state index in [0.717, 1.165) is 17.5 Å². The maximum atomic E-state index is 12.8. The van der Waals surface area contributed by atoms with Crippen molar-refractivity contribution in [2.75, 3.05) is 18.9 Å². The second kappa shape index (κ2) is 10.3. The topological polar surface area (TPSA) is 125 Å². The Morgan fingerprint density at radius 1 is 1.25 bits per heavy atom. The van der Waals surface area contributed by atoms with Gasteiger partial charge in [0.1, 0.15) is 12.2 Å². The molecule has 1 fully saturated rings. The molecule has 11 heteroatoms. The molecule has 3 rings (SSSR count). The molecule has 5 N–H and O–H groups in total. The molecule has 1 heterocycles. The van der Waals surface area contributed by atoms with E-state index < -0.39 is 24.0 Å². The van der Waals surface area contributed by atoms with Gasteiger partial charge in [-0.15, -0.1) is 0 Å². The standard InChI is InChI=1S/C25H33F3N6O2/c1-13-9-19(22(31-5)36-23(30)34-18-8-6-7-15(18)21(29)35)33-20-16(13)10-14(32-12-25(26,27)28)11-17(20)24(2,3)4/h9-11,15,18,32H,6-8,12H2,1-5H3,(H2,29,35)(H2,30,34)/b31-22-/t15-,18+/m1/s1. The molecule has 1 amide bonds. The maximum absolute atomic E-state index is 12.8. The summed E-state index contributed by atoms with van der Waals surface area (Å²) >= 11 is 0. The molecule has 0 aliphatic heterocycles. The van der Waals surface area contributed by atoms with E-state index in [1.165, 1.54) is 7.05 Å². The third-order valence-corrected chi connectivity index (χ3v) is 6.24. The number of nitrogens with two attached hydrogens (primary N) is 1. The number of pyridine rings is 1. The number of alkyl halides is 3. The van der Waals surface area contributed by atoms with Crippen LogP contribution in [0, 0.1) is 18.3 Å². The molecule has 1 aliphatic rings. The van der Waals surface area contributed by atoms with Crippen LogP contribution in [-0.2, 0) is 14.9 Å². The molecule has 0 saturated heterocycles. The summed E-state index contributed by atoms with van der Waals surface area (Å²) in [5.41, 5.74) is 7.93. The first-order valence-electron chi connectivity index (χ1n) is 11.8. The van der Waals surface area contributed by atoms with E-state index in [1.54, 1.807) is 18.2 Å². The number of halogens is 3. The van der Waals surface area contributed by atoms with Crippen molar-refractivity contribution in [3.63, 3.8) is 0 Å². The van der Waals surface area contributed by atoms with Crippen molar-refractivity contribution in [1.82, 2.24) is 10.3 Å². The highest BCUT2D eigenvalue weighted by Crippen LogP contribution is 2.34. The van der Waals surface area contributed by atoms with Crippen LogP contribution < -0.4 is 16.4 Å². The Morgan fingerprint density at radius 2 is 1.94 bits per heavy atom. The summed E-state index contributed by atoms with van der Waals surface area (Å²) in [7, 11) is 1.51. The first-order valence-corrected chi connectivity index (χ1v) is 11.8. The molecule has 1 saturated carbocycles. The van der Waals surface area contributed by atoms with Gasteiger partial charge in [0.2, 0.25) is 11.8 Å². The highest BCUT2D eigenvalue weighted by Gasteiger charge is 2.33. The molecule has 0 unspecified atom stereocenters. The average Bonchev–Trinajstić information content (AvgIpc) is 3.22. The molecule has 0 bridgehead atoms. The zero-order valence-corrected chi connectivity index (χ0v) is 21.1. The Hall–Kier alpha value is -3.37. The van der Waals surface area contributed by atoms with E-state index in [9.17, 15) is 18.0 Å². The number of carbonyl (C=O) groups excluding carboxylic acids is 1. The number of hydrogen-bond donors (Lipinski definition) is 4. The second-order valence-corrected chi connectivity index (χ2v) is 10.1. The quantitative estimate of drug-likeness (QED) is 0.354. The SMILES string of the molecule is C/N=C(\OC(=N)N[C@H]1CCC[C@H]1C(N)=O)c1cc(C)c2cc(NCC(F)(F)F)cc(C(C)(C)C)c2n1. The van der Waals surface area contributed by atoms with Gasteiger partial charge in [-0.1, -0.05) is 27.2 Å². The third-order valence-electron chi connectivity index (χ3n) is 6.24. The number of hydrogen-bond acceptors (Lipinski definition) is 6. The van der Waals surface area contributed by atoms with Crippen LogP contribution in [0.3, 0.4) is 0 Å². The van der Waals surface area contributed by atoms with Crippen LogP contribution in [0.1, 0.15) is 56.9 Å². The Kier molecular flexibility index (Phi) is 7.80. The van der Waals surface area contributed by atoms with Crippen molar-refractivity contribution in [2.45, 2.75) is 64.6 Å². The van der Waals surface area contributed by atoms with Gasteiger partial charge in [-0.2, -0.15) is 13.2 Å². The van der Waals surface area contributed by atoms with E-state index in [4.69, 9.17) is 20.9 Å². The van der Waals surface area contributed by atoms with Crippen molar-refractivity contribution >= 4 is 34.4 Å². The molecular weight excluding hydrogens is 473 g/mol. The molecule has 8 nitrogen and oxygen atoms in total. The van der Waals surface area contributed by atoms with Crippen LogP contribution in [0.4, 0.5) is 18.9 Å². The van der Waals surface area contributed by atoms with E-state index >= 15 is 0 Å². The predicted molar refractivity (Wildman–Crippen MR) is 134 cm³/mol. The van der Waals surface area contributed by atoms with Crippen molar-refractivity contribution in [1.29, 1.82) is 5.41 Å². The third kappa shape index (κ3) is 6.44. The van der Waals surface area contributed by atoms with Crippen molar-refractivity contribution in [3.05, 3.63) is 35.0 Å². The van der Waals surface area contributed by atoms with Gasteiger partial charge in [-0.3, -0.25) is 15.2 Å². The summed E-state index contributed by atoms with van der Waals surface area (Å²) in [6, 6.07) is 4.51. The predicted octanol–water partition coefficient (Wildman–Crippen LogP) is 4.39. The number of ether oxygens (including phenoxy) is 1. The number of benzene rings is 1. The number of anilines is 1. The summed E-state index contributed by atoms with van der Waals surface area (Å²) in [6.45, 7) is 6.57. The highest BCUT2D eigenvalue weighted by atomic mass is 19.4. The summed E-state index contributed by atoms with van der Waals surface area (Å²) < 4.78 is 44.1. The minimum atomic E-state index is -4.34. The fourth-order valence-electron chi connectivity index (χ4n) is 4.46. The van der Waals surface area contributed by atoms with Crippen LogP contribution in [0.5, 0.6) is 0 Å². The second-order valence-electron chi connectivity index (χ2n) is 10.1. The molecular formula is C25H33F3N6O2. The van der Waals surface area contributed by atoms with Gasteiger partial charge in [0.25, 0.3) is 6.02 Å². The van der Waals surface area contributed by atoms with Gasteiger partial charge < -0.3 is 21.1 Å². The zero-order valence-electron chi connectivity index (χ0n) is 21.1. The normalized spacial score (nSPS) is 18.8. The largest absolute Gasteiger partial charge is 0.405 e. The summed E-state index contributed by atoms with van der Waals surface area (Å²) in [4.78, 5) is 20.6. The molecule has 0 spiro atoms. The molecule has 1 aromatic carbocycles. The lowest BCUT2D eigenvalue weighted by Gasteiger charge is -2.24. The number of fused-ring (bicyclic) bond motifs is 1. The fourth-order valence-corrected chi connectivity index (χ4v) is 4.46. The Balaban J connectivity index is 1.94. The fraction of sp³-hybridized carbons (Fsp3) is 0.520. The number of aliphatic imine (C=N–C) groups is 1. The number of aryl methyl sites for hydroxylation is 1. The number of nitrogens with one attached hydrogen (secondary N) is 3. The summed E-state index contributed by atoms with van der Waals surface area (Å²) in [5.74, 6) is -0.676. The number of nitrogens with zero attached hydrogens (tertiary/aromatic N) is 2. The summed E-state index contributed by atoms with van der Waals surface area (Å²) in [6.07, 6.45) is -2.15. The van der Waals surface area contributed by atoms with E-state index in [2.05, 4.69) is 15.6 Å². The van der Waals surface area contributed by atoms with Crippen LogP contribution in [0.25, 0.3) is 10.9 Å². The van der Waals surface area contributed by atoms with Crippen LogP contribution >= 0.6 is 0 Å². The molecule has 2 aromatic rings. The highest BCUT2D eigenvalue weighted by molar-refractivity contribution is 6.02. The Labute approximate surface area is 208 Å². The van der Waals surface area contributed by atoms with Gasteiger partial charge in [0, 0.05) is 24.2 Å². The van der Waals surface area contributed by atoms with Gasteiger partial charge in [-0.25, -0.2) is 4.98 Å². The first kappa shape index (κ1) is 27.2. The lowest BCUT2D eigenvalue weighted by Crippen LogP contribution is -2.43. The smallest absolute Gasteiger partial charge is 0.405 e. The molecule has 196 valence electrons.